The minimum absolute atomic E-state index is 0.0996. The molecule has 0 bridgehead atoms. The number of nitro groups is 3. The largest absolute Gasteiger partial charge is 0.502 e. The topological polar surface area (TPSA) is 435 Å². The Balaban J connectivity index is 0.000000179. The number of nitrogens with zero attached hydrogens (tertiary/aromatic N) is 20. The Bertz CT molecular complexity index is 4230. The maximum atomic E-state index is 11.5. The summed E-state index contributed by atoms with van der Waals surface area (Å²) in [4.78, 5) is 71.0. The Hall–Kier alpha value is -12.2. The molecule has 0 atom stereocenters. The molecular weight excluding hydrogens is 1270 g/mol. The number of rotatable bonds is 14. The summed E-state index contributed by atoms with van der Waals surface area (Å²) in [7, 11) is 17.5. The van der Waals surface area contributed by atoms with E-state index in [1.54, 1.807) is 93.8 Å². The fourth-order valence-corrected chi connectivity index (χ4v) is 8.47. The van der Waals surface area contributed by atoms with Gasteiger partial charge in [0.2, 0.25) is 17.2 Å². The van der Waals surface area contributed by atoms with Crippen LogP contribution in [0.15, 0.2) is 135 Å². The molecule has 5 aromatic carbocycles. The number of nitrogen functional groups attached to an aromatic ring is 2. The number of aromatic hydroxyl groups is 1. The van der Waals surface area contributed by atoms with E-state index in [2.05, 4.69) is 55.4 Å². The highest BCUT2D eigenvalue weighted by molar-refractivity contribution is 6.36. The van der Waals surface area contributed by atoms with Gasteiger partial charge in [-0.05, 0) is 48.5 Å². The molecule has 35 nitrogen and oxygen atoms in total. The molecular formula is C57H60Cl2N22O13. The highest BCUT2D eigenvalue weighted by Crippen LogP contribution is 2.39. The molecule has 1 amide bonds. The number of nitrogens with two attached hydrogens (primary N) is 2. The van der Waals surface area contributed by atoms with Crippen molar-refractivity contribution in [3.63, 3.8) is 0 Å². The number of hydrogen-bond donors (Lipinski definition) is 3. The van der Waals surface area contributed by atoms with Crippen LogP contribution in [0, 0.1) is 30.3 Å². The fraction of sp³-hybridized carbons (Fsp3) is 0.193. The Kier molecular flexibility index (Phi) is 24.9. The van der Waals surface area contributed by atoms with Crippen LogP contribution < -0.4 is 30.4 Å². The number of phenols is 1. The van der Waals surface area contributed by atoms with E-state index in [0.717, 1.165) is 16.2 Å². The molecule has 11 rings (SSSR count). The van der Waals surface area contributed by atoms with Crippen molar-refractivity contribution in [2.75, 3.05) is 54.1 Å². The first kappa shape index (κ1) is 70.8. The predicted octanol–water partition coefficient (Wildman–Crippen LogP) is 8.06. The number of para-hydroxylation sites is 5. The van der Waals surface area contributed by atoms with Crippen molar-refractivity contribution < 1.29 is 48.5 Å². The summed E-state index contributed by atoms with van der Waals surface area (Å²) >= 11 is 11.4. The van der Waals surface area contributed by atoms with Crippen molar-refractivity contribution in [1.82, 2.24) is 83.9 Å². The zero-order valence-corrected chi connectivity index (χ0v) is 53.4. The van der Waals surface area contributed by atoms with Gasteiger partial charge in [0.25, 0.3) is 5.91 Å². The molecule has 6 heterocycles. The second kappa shape index (κ2) is 33.0. The smallest absolute Gasteiger partial charge is 0.311 e. The maximum absolute atomic E-state index is 11.5. The summed E-state index contributed by atoms with van der Waals surface area (Å²) in [6.45, 7) is 0. The quantitative estimate of drug-likeness (QED) is 0.0401. The Labute approximate surface area is 543 Å². The van der Waals surface area contributed by atoms with Gasteiger partial charge < -0.3 is 35.5 Å². The molecule has 6 aromatic heterocycles. The number of aryl methyl sites for hydroxylation is 5. The average Bonchev–Trinajstić information content (AvgIpc) is 1.39. The van der Waals surface area contributed by atoms with Crippen LogP contribution in [0.25, 0.3) is 56.9 Å². The van der Waals surface area contributed by atoms with Crippen molar-refractivity contribution >= 4 is 57.5 Å². The number of halogens is 2. The number of anilines is 2. The number of carbonyl (C=O) groups excluding carboxylic acids is 1. The van der Waals surface area contributed by atoms with Crippen LogP contribution in [0.5, 0.6) is 28.7 Å². The van der Waals surface area contributed by atoms with Crippen LogP contribution in [0.1, 0.15) is 10.4 Å². The summed E-state index contributed by atoms with van der Waals surface area (Å²) in [5.41, 5.74) is 15.3. The number of hydroxylamine groups is 2. The van der Waals surface area contributed by atoms with Crippen molar-refractivity contribution in [2.24, 2.45) is 35.2 Å². The summed E-state index contributed by atoms with van der Waals surface area (Å²) in [6, 6.07) is 25.9. The van der Waals surface area contributed by atoms with E-state index in [1.807, 2.05) is 38.4 Å². The maximum Gasteiger partial charge on any atom is 0.311 e. The van der Waals surface area contributed by atoms with Crippen molar-refractivity contribution in [2.45, 2.75) is 0 Å². The zero-order valence-electron chi connectivity index (χ0n) is 51.9. The van der Waals surface area contributed by atoms with E-state index in [9.17, 15) is 40.2 Å². The molecule has 0 aliphatic carbocycles. The Morgan fingerprint density at radius 3 is 1.06 bits per heavy atom. The highest BCUT2D eigenvalue weighted by Gasteiger charge is 2.24. The van der Waals surface area contributed by atoms with E-state index < -0.39 is 20.5 Å². The van der Waals surface area contributed by atoms with Gasteiger partial charge in [0, 0.05) is 66.7 Å². The summed E-state index contributed by atoms with van der Waals surface area (Å²) < 4.78 is 28.4. The average molecular weight is 1330 g/mol. The lowest BCUT2D eigenvalue weighted by molar-refractivity contribution is -0.385. The Morgan fingerprint density at radius 1 is 0.479 bits per heavy atom. The molecule has 0 aliphatic rings. The van der Waals surface area contributed by atoms with Crippen molar-refractivity contribution in [3.8, 4) is 85.7 Å². The van der Waals surface area contributed by atoms with Gasteiger partial charge in [-0.15, -0.1) is 0 Å². The summed E-state index contributed by atoms with van der Waals surface area (Å²) in [5.74, 6) is 3.05. The Morgan fingerprint density at radius 2 is 0.777 bits per heavy atom. The molecule has 0 spiro atoms. The third kappa shape index (κ3) is 18.0. The number of benzene rings is 5. The molecule has 0 radical (unpaired) electrons. The van der Waals surface area contributed by atoms with Gasteiger partial charge >= 0.3 is 17.1 Å². The lowest BCUT2D eigenvalue weighted by Crippen LogP contribution is -2.25. The van der Waals surface area contributed by atoms with Crippen LogP contribution in [-0.4, -0.2) is 152 Å². The van der Waals surface area contributed by atoms with Crippen LogP contribution in [0.3, 0.4) is 0 Å². The predicted molar refractivity (Wildman–Crippen MR) is 342 cm³/mol. The molecule has 0 saturated carbocycles. The lowest BCUT2D eigenvalue weighted by Gasteiger charge is -2.13. The number of hydrogen-bond acceptors (Lipinski definition) is 26. The molecule has 0 saturated heterocycles. The molecule has 490 valence electrons. The number of methoxy groups -OCH3 is 4. The number of amides is 1. The number of carbonyl (C=O) groups is 1. The van der Waals surface area contributed by atoms with Crippen LogP contribution in [0.4, 0.5) is 28.4 Å². The van der Waals surface area contributed by atoms with Crippen molar-refractivity contribution in [3.05, 3.63) is 181 Å². The van der Waals surface area contributed by atoms with E-state index in [-0.39, 0.29) is 61.6 Å². The molecule has 0 aliphatic heterocycles. The van der Waals surface area contributed by atoms with Gasteiger partial charge in [0.05, 0.1) is 100 Å². The number of nitro benzene ring substituents is 3. The van der Waals surface area contributed by atoms with Crippen LogP contribution >= 0.6 is 23.2 Å². The highest BCUT2D eigenvalue weighted by atomic mass is 35.5. The summed E-state index contributed by atoms with van der Waals surface area (Å²) in [6.07, 6.45) is 9.08. The van der Waals surface area contributed by atoms with E-state index in [0.29, 0.717) is 57.3 Å². The second-order valence-corrected chi connectivity index (χ2v) is 19.5. The van der Waals surface area contributed by atoms with Gasteiger partial charge in [-0.25, -0.2) is 35.0 Å². The van der Waals surface area contributed by atoms with Gasteiger partial charge in [-0.3, -0.25) is 63.4 Å². The first-order chi connectivity index (χ1) is 44.8. The first-order valence-corrected chi connectivity index (χ1v) is 27.5. The second-order valence-electron chi connectivity index (χ2n) is 18.7. The van der Waals surface area contributed by atoms with Gasteiger partial charge in [0.15, 0.2) is 40.6 Å². The molecule has 0 unspecified atom stereocenters. The van der Waals surface area contributed by atoms with E-state index in [1.165, 1.54) is 104 Å². The first-order valence-electron chi connectivity index (χ1n) is 26.7. The number of phenolic OH excluding ortho intramolecular Hbond substituents is 1. The third-order valence-electron chi connectivity index (χ3n) is 12.3. The normalized spacial score (nSPS) is 10.2. The standard InChI is InChI=1S/2C10H10N4O3.2C10H12N4O.C9H8N4O3.C8H8Cl2N2O2/c2*1-13-6-11-10(12-13)7-4-3-5-8(14(15)16)9(7)17-2;2*1-14-6-12-10(13-14)7-4-3-5-8(11)9(7)15-2;1-12-5-10-9(11-12)6-3-2-4-7(8(6)14)13(15)16;1-12(14-2)8(13)5-4-11-7(10)3-6(5)9/h2*3-6H,1-2H3;2*3-6H,11H2,1-2H3;2-5,14H,1H3;3-4H,1-2H3. The van der Waals surface area contributed by atoms with Crippen molar-refractivity contribution in [1.29, 1.82) is 0 Å². The minimum atomic E-state index is -0.651. The number of ether oxygens (including phenoxy) is 4. The fourth-order valence-electron chi connectivity index (χ4n) is 8.03. The van der Waals surface area contributed by atoms with Gasteiger partial charge in [-0.2, -0.15) is 25.5 Å². The minimum Gasteiger partial charge on any atom is -0.502 e. The molecule has 0 fully saturated rings. The van der Waals surface area contributed by atoms with E-state index in [4.69, 9.17) is 58.5 Å². The van der Waals surface area contributed by atoms with Gasteiger partial charge in [0.1, 0.15) is 36.8 Å². The lowest BCUT2D eigenvalue weighted by atomic mass is 10.1. The van der Waals surface area contributed by atoms with Crippen LogP contribution in [0.2, 0.25) is 10.2 Å². The number of aromatic nitrogens is 16. The molecule has 5 N–H and O–H groups in total. The van der Waals surface area contributed by atoms with Crippen LogP contribution in [-0.2, 0) is 40.1 Å². The molecule has 37 heteroatoms. The summed E-state index contributed by atoms with van der Waals surface area (Å²) in [5, 5.41) is 64.1. The zero-order chi connectivity index (χ0) is 68.9. The monoisotopic (exact) mass is 1330 g/mol. The SMILES string of the molecule is CON(C)C(=O)c1cnc(Cl)cc1Cl.COc1c(-c2ncn(C)n2)cccc1[N+](=O)[O-].COc1c(-c2ncn(C)n2)cccc1[N+](=O)[O-].COc1c(N)cccc1-c1ncn(C)n1.COc1c(N)cccc1-c1ncn(C)n1.Cn1cnc(-c2cccc([N+](=O)[O-])c2O)n1. The number of pyridine rings is 1. The van der Waals surface area contributed by atoms with E-state index >= 15 is 0 Å². The molecule has 11 aromatic rings. The molecule has 94 heavy (non-hydrogen) atoms. The van der Waals surface area contributed by atoms with Gasteiger partial charge in [-0.1, -0.05) is 53.5 Å². The third-order valence-corrected chi connectivity index (χ3v) is 12.8.